The number of fused-ring (bicyclic) bond motifs is 1. The monoisotopic (exact) mass is 258 g/mol. The van der Waals surface area contributed by atoms with E-state index in [1.165, 1.54) is 11.3 Å². The van der Waals surface area contributed by atoms with Crippen molar-refractivity contribution in [2.75, 3.05) is 5.32 Å². The second-order valence-corrected chi connectivity index (χ2v) is 4.90. The molecule has 0 aliphatic rings. The predicted molar refractivity (Wildman–Crippen MR) is 70.9 cm³/mol. The molecule has 0 spiro atoms. The van der Waals surface area contributed by atoms with E-state index in [2.05, 4.69) is 20.5 Å². The van der Waals surface area contributed by atoms with Gasteiger partial charge in [-0.2, -0.15) is 5.10 Å². The number of anilines is 1. The lowest BCUT2D eigenvalue weighted by Gasteiger charge is -2.03. The van der Waals surface area contributed by atoms with Gasteiger partial charge >= 0.3 is 0 Å². The second kappa shape index (κ2) is 4.23. The summed E-state index contributed by atoms with van der Waals surface area (Å²) in [6, 6.07) is 5.61. The van der Waals surface area contributed by atoms with Gasteiger partial charge in [0.15, 0.2) is 0 Å². The van der Waals surface area contributed by atoms with E-state index in [0.29, 0.717) is 5.69 Å². The highest BCUT2D eigenvalue weighted by molar-refractivity contribution is 7.09. The number of aromatic amines is 1. The van der Waals surface area contributed by atoms with Crippen molar-refractivity contribution in [3.05, 3.63) is 40.5 Å². The summed E-state index contributed by atoms with van der Waals surface area (Å²) in [4.78, 5) is 16.2. The number of aryl methyl sites for hydroxylation is 1. The van der Waals surface area contributed by atoms with Gasteiger partial charge in [-0.3, -0.25) is 9.89 Å². The van der Waals surface area contributed by atoms with E-state index in [4.69, 9.17) is 0 Å². The van der Waals surface area contributed by atoms with Crippen LogP contribution in [0.15, 0.2) is 29.8 Å². The molecule has 0 aliphatic carbocycles. The van der Waals surface area contributed by atoms with Crippen molar-refractivity contribution < 1.29 is 4.79 Å². The Bertz CT molecular complexity index is 716. The average molecular weight is 258 g/mol. The van der Waals surface area contributed by atoms with Crippen molar-refractivity contribution in [1.82, 2.24) is 15.2 Å². The molecular weight excluding hydrogens is 248 g/mol. The standard InChI is InChI=1S/C12H10N4OS/c1-7-14-11(6-18-7)12(17)15-9-3-2-4-10-8(9)5-13-16-10/h2-6H,1H3,(H,13,16)(H,15,17). The highest BCUT2D eigenvalue weighted by atomic mass is 32.1. The van der Waals surface area contributed by atoms with Gasteiger partial charge in [-0.1, -0.05) is 6.07 Å². The van der Waals surface area contributed by atoms with Gasteiger partial charge in [0, 0.05) is 10.8 Å². The number of rotatable bonds is 2. The number of amides is 1. The van der Waals surface area contributed by atoms with Gasteiger partial charge in [0.1, 0.15) is 5.69 Å². The summed E-state index contributed by atoms with van der Waals surface area (Å²) in [5, 5.41) is 13.2. The van der Waals surface area contributed by atoms with Crippen molar-refractivity contribution in [1.29, 1.82) is 0 Å². The van der Waals surface area contributed by atoms with Gasteiger partial charge in [0.2, 0.25) is 0 Å². The Morgan fingerprint density at radius 3 is 3.11 bits per heavy atom. The molecule has 6 heteroatoms. The zero-order chi connectivity index (χ0) is 12.5. The van der Waals surface area contributed by atoms with Crippen LogP contribution < -0.4 is 5.32 Å². The highest BCUT2D eigenvalue weighted by Gasteiger charge is 2.11. The van der Waals surface area contributed by atoms with Crippen molar-refractivity contribution >= 4 is 33.8 Å². The van der Waals surface area contributed by atoms with E-state index in [1.54, 1.807) is 11.6 Å². The summed E-state index contributed by atoms with van der Waals surface area (Å²) in [5.74, 6) is -0.201. The molecule has 2 aromatic heterocycles. The van der Waals surface area contributed by atoms with Crippen molar-refractivity contribution in [2.45, 2.75) is 6.92 Å². The maximum absolute atomic E-state index is 12.0. The lowest BCUT2D eigenvalue weighted by Crippen LogP contribution is -2.12. The summed E-state index contributed by atoms with van der Waals surface area (Å²) in [5.41, 5.74) is 2.07. The number of carbonyl (C=O) groups is 1. The summed E-state index contributed by atoms with van der Waals surface area (Å²) < 4.78 is 0. The van der Waals surface area contributed by atoms with E-state index in [9.17, 15) is 4.79 Å². The molecule has 3 aromatic rings. The first kappa shape index (κ1) is 10.9. The zero-order valence-electron chi connectivity index (χ0n) is 9.60. The zero-order valence-corrected chi connectivity index (χ0v) is 10.4. The third-order valence-corrected chi connectivity index (χ3v) is 3.36. The van der Waals surface area contributed by atoms with Crippen LogP contribution in [0.25, 0.3) is 10.9 Å². The summed E-state index contributed by atoms with van der Waals surface area (Å²) in [6.07, 6.45) is 1.69. The number of aromatic nitrogens is 3. The third-order valence-electron chi connectivity index (χ3n) is 2.58. The maximum Gasteiger partial charge on any atom is 0.275 e. The number of benzene rings is 1. The molecule has 2 heterocycles. The smallest absolute Gasteiger partial charge is 0.275 e. The Morgan fingerprint density at radius 1 is 1.44 bits per heavy atom. The first-order valence-electron chi connectivity index (χ1n) is 5.39. The van der Waals surface area contributed by atoms with Crippen LogP contribution in [-0.4, -0.2) is 21.1 Å². The second-order valence-electron chi connectivity index (χ2n) is 3.84. The summed E-state index contributed by atoms with van der Waals surface area (Å²) in [6.45, 7) is 1.87. The average Bonchev–Trinajstić information content (AvgIpc) is 2.97. The lowest BCUT2D eigenvalue weighted by molar-refractivity contribution is 0.102. The quantitative estimate of drug-likeness (QED) is 0.742. The molecule has 3 rings (SSSR count). The van der Waals surface area contributed by atoms with Crippen LogP contribution in [0.5, 0.6) is 0 Å². The predicted octanol–water partition coefficient (Wildman–Crippen LogP) is 2.58. The molecule has 2 N–H and O–H groups in total. The highest BCUT2D eigenvalue weighted by Crippen LogP contribution is 2.21. The molecule has 5 nitrogen and oxygen atoms in total. The molecule has 1 amide bonds. The fourth-order valence-corrected chi connectivity index (χ4v) is 2.32. The van der Waals surface area contributed by atoms with Gasteiger partial charge in [-0.25, -0.2) is 4.98 Å². The Morgan fingerprint density at radius 2 is 2.33 bits per heavy atom. The van der Waals surface area contributed by atoms with Crippen LogP contribution in [0.4, 0.5) is 5.69 Å². The fourth-order valence-electron chi connectivity index (χ4n) is 1.73. The Labute approximate surface area is 107 Å². The van der Waals surface area contributed by atoms with Crippen LogP contribution in [0.3, 0.4) is 0 Å². The normalized spacial score (nSPS) is 10.7. The van der Waals surface area contributed by atoms with Crippen LogP contribution in [0.1, 0.15) is 15.5 Å². The molecule has 0 bridgehead atoms. The Kier molecular flexibility index (Phi) is 2.56. The third kappa shape index (κ3) is 1.86. The topological polar surface area (TPSA) is 70.7 Å². The van der Waals surface area contributed by atoms with Gasteiger partial charge < -0.3 is 5.32 Å². The van der Waals surface area contributed by atoms with Crippen LogP contribution in [-0.2, 0) is 0 Å². The number of carbonyl (C=O) groups excluding carboxylic acids is 1. The molecule has 0 unspecified atom stereocenters. The first-order valence-corrected chi connectivity index (χ1v) is 6.27. The van der Waals surface area contributed by atoms with E-state index in [1.807, 2.05) is 25.1 Å². The van der Waals surface area contributed by atoms with Crippen molar-refractivity contribution in [3.8, 4) is 0 Å². The number of nitrogens with zero attached hydrogens (tertiary/aromatic N) is 2. The number of hydrogen-bond acceptors (Lipinski definition) is 4. The van der Waals surface area contributed by atoms with E-state index in [-0.39, 0.29) is 5.91 Å². The molecule has 0 radical (unpaired) electrons. The first-order chi connectivity index (χ1) is 8.74. The SMILES string of the molecule is Cc1nc(C(=O)Nc2cccc3[nH]ncc23)cs1. The molecule has 90 valence electrons. The molecule has 18 heavy (non-hydrogen) atoms. The minimum atomic E-state index is -0.201. The van der Waals surface area contributed by atoms with E-state index < -0.39 is 0 Å². The molecular formula is C12H10N4OS. The molecule has 0 saturated carbocycles. The van der Waals surface area contributed by atoms with Gasteiger partial charge in [0.05, 0.1) is 22.4 Å². The maximum atomic E-state index is 12.0. The minimum Gasteiger partial charge on any atom is -0.320 e. The van der Waals surface area contributed by atoms with Gasteiger partial charge in [-0.15, -0.1) is 11.3 Å². The number of nitrogens with one attached hydrogen (secondary N) is 2. The van der Waals surface area contributed by atoms with Crippen LogP contribution in [0, 0.1) is 6.92 Å². The fraction of sp³-hybridized carbons (Fsp3) is 0.0833. The molecule has 0 saturated heterocycles. The van der Waals surface area contributed by atoms with Crippen molar-refractivity contribution in [2.24, 2.45) is 0 Å². The molecule has 0 aliphatic heterocycles. The molecule has 0 atom stereocenters. The molecule has 1 aromatic carbocycles. The number of thiazole rings is 1. The van der Waals surface area contributed by atoms with E-state index in [0.717, 1.165) is 21.6 Å². The van der Waals surface area contributed by atoms with Crippen LogP contribution >= 0.6 is 11.3 Å². The summed E-state index contributed by atoms with van der Waals surface area (Å²) in [7, 11) is 0. The largest absolute Gasteiger partial charge is 0.320 e. The number of H-pyrrole nitrogens is 1. The summed E-state index contributed by atoms with van der Waals surface area (Å²) >= 11 is 1.46. The lowest BCUT2D eigenvalue weighted by atomic mass is 10.2. The molecule has 0 fully saturated rings. The Hall–Kier alpha value is -2.21. The van der Waals surface area contributed by atoms with Gasteiger partial charge in [-0.05, 0) is 19.1 Å². The van der Waals surface area contributed by atoms with Crippen molar-refractivity contribution in [3.63, 3.8) is 0 Å². The van der Waals surface area contributed by atoms with Gasteiger partial charge in [0.25, 0.3) is 5.91 Å². The number of hydrogen-bond donors (Lipinski definition) is 2. The minimum absolute atomic E-state index is 0.201. The van der Waals surface area contributed by atoms with Crippen LogP contribution in [0.2, 0.25) is 0 Å². The van der Waals surface area contributed by atoms with E-state index >= 15 is 0 Å². The Balaban J connectivity index is 1.92.